The predicted molar refractivity (Wildman–Crippen MR) is 129 cm³/mol. The lowest BCUT2D eigenvalue weighted by molar-refractivity contribution is -0.129. The summed E-state index contributed by atoms with van der Waals surface area (Å²) in [6.45, 7) is 0.723. The largest absolute Gasteiger partial charge is 0.497 e. The number of likely N-dealkylation sites (tertiary alicyclic amines) is 1. The molecule has 0 bridgehead atoms. The van der Waals surface area contributed by atoms with E-state index in [4.69, 9.17) is 4.74 Å². The number of H-pyrrole nitrogens is 1. The topological polar surface area (TPSA) is 109 Å². The summed E-state index contributed by atoms with van der Waals surface area (Å²) < 4.78 is 33.8. The summed E-state index contributed by atoms with van der Waals surface area (Å²) in [5, 5.41) is 2.99. The first-order valence-electron chi connectivity index (χ1n) is 10.8. The molecule has 1 aromatic heterocycles. The van der Waals surface area contributed by atoms with E-state index in [1.807, 2.05) is 30.3 Å². The van der Waals surface area contributed by atoms with Crippen LogP contribution in [0.5, 0.6) is 5.75 Å². The quantitative estimate of drug-likeness (QED) is 0.444. The van der Waals surface area contributed by atoms with Gasteiger partial charge < -0.3 is 14.6 Å². The second-order valence-electron chi connectivity index (χ2n) is 8.33. The van der Waals surface area contributed by atoms with Gasteiger partial charge >= 0.3 is 0 Å². The SMILES string of the molecule is COc1ccc2ccc(S(=O)(=O)N[C@H]3CCN(Cc4ccc5cc[nH]c(=O)c5c4)C3=O)cc2c1. The van der Waals surface area contributed by atoms with Gasteiger partial charge in [-0.25, -0.2) is 8.42 Å². The lowest BCUT2D eigenvalue weighted by atomic mass is 10.1. The molecule has 2 heterocycles. The lowest BCUT2D eigenvalue weighted by Crippen LogP contribution is -2.41. The first-order chi connectivity index (χ1) is 16.3. The van der Waals surface area contributed by atoms with Crippen LogP contribution in [-0.4, -0.2) is 43.9 Å². The molecule has 1 aliphatic heterocycles. The van der Waals surface area contributed by atoms with Gasteiger partial charge in [-0.3, -0.25) is 9.59 Å². The number of fused-ring (bicyclic) bond motifs is 2. The number of amides is 1. The minimum absolute atomic E-state index is 0.0910. The molecule has 0 aliphatic carbocycles. The van der Waals surface area contributed by atoms with Crippen molar-refractivity contribution in [1.82, 2.24) is 14.6 Å². The minimum Gasteiger partial charge on any atom is -0.497 e. The summed E-state index contributed by atoms with van der Waals surface area (Å²) in [6, 6.07) is 16.7. The van der Waals surface area contributed by atoms with Gasteiger partial charge in [-0.05, 0) is 64.5 Å². The Balaban J connectivity index is 1.33. The van der Waals surface area contributed by atoms with Crippen molar-refractivity contribution in [1.29, 1.82) is 0 Å². The normalized spacial score (nSPS) is 16.4. The van der Waals surface area contributed by atoms with Crippen LogP contribution in [0.4, 0.5) is 0 Å². The Morgan fingerprint density at radius 2 is 1.79 bits per heavy atom. The zero-order valence-electron chi connectivity index (χ0n) is 18.4. The molecule has 0 saturated carbocycles. The van der Waals surface area contributed by atoms with Crippen molar-refractivity contribution in [2.75, 3.05) is 13.7 Å². The Kier molecular flexibility index (Phi) is 5.59. The second kappa shape index (κ2) is 8.58. The average molecular weight is 478 g/mol. The number of aromatic nitrogens is 1. The fourth-order valence-corrected chi connectivity index (χ4v) is 5.57. The van der Waals surface area contributed by atoms with Crippen molar-refractivity contribution >= 4 is 37.5 Å². The highest BCUT2D eigenvalue weighted by Gasteiger charge is 2.35. The van der Waals surface area contributed by atoms with Crippen LogP contribution in [0.2, 0.25) is 0 Å². The number of rotatable bonds is 6. The number of ether oxygens (including phenoxy) is 1. The van der Waals surface area contributed by atoms with Gasteiger partial charge in [0.15, 0.2) is 0 Å². The number of hydrogen-bond acceptors (Lipinski definition) is 5. The van der Waals surface area contributed by atoms with Crippen LogP contribution >= 0.6 is 0 Å². The third kappa shape index (κ3) is 4.15. The molecule has 1 aliphatic rings. The second-order valence-corrected chi connectivity index (χ2v) is 10.0. The Hall–Kier alpha value is -3.69. The average Bonchev–Trinajstić information content (AvgIpc) is 3.17. The van der Waals surface area contributed by atoms with Crippen molar-refractivity contribution in [3.05, 3.63) is 82.8 Å². The molecule has 5 rings (SSSR count). The monoisotopic (exact) mass is 477 g/mol. The number of carbonyl (C=O) groups excluding carboxylic acids is 1. The zero-order valence-corrected chi connectivity index (χ0v) is 19.3. The molecule has 9 heteroatoms. The van der Waals surface area contributed by atoms with E-state index in [0.29, 0.717) is 30.6 Å². The zero-order chi connectivity index (χ0) is 23.9. The van der Waals surface area contributed by atoms with E-state index in [0.717, 1.165) is 21.7 Å². The third-order valence-electron chi connectivity index (χ3n) is 6.14. The summed E-state index contributed by atoms with van der Waals surface area (Å²) in [5.74, 6) is 0.348. The Morgan fingerprint density at radius 1 is 1.00 bits per heavy atom. The Bertz CT molecular complexity index is 1580. The van der Waals surface area contributed by atoms with Crippen LogP contribution in [-0.2, 0) is 21.4 Å². The van der Waals surface area contributed by atoms with Crippen LogP contribution in [0, 0.1) is 0 Å². The Morgan fingerprint density at radius 3 is 2.62 bits per heavy atom. The summed E-state index contributed by atoms with van der Waals surface area (Å²) >= 11 is 0. The van der Waals surface area contributed by atoms with Crippen molar-refractivity contribution in [3.8, 4) is 5.75 Å². The van der Waals surface area contributed by atoms with Crippen molar-refractivity contribution in [2.24, 2.45) is 0 Å². The number of carbonyl (C=O) groups is 1. The molecular formula is C25H23N3O5S. The number of aromatic amines is 1. The summed E-state index contributed by atoms with van der Waals surface area (Å²) in [7, 11) is -2.35. The van der Waals surface area contributed by atoms with Gasteiger partial charge in [-0.2, -0.15) is 4.72 Å². The fourth-order valence-electron chi connectivity index (χ4n) is 4.31. The first-order valence-corrected chi connectivity index (χ1v) is 12.3. The van der Waals surface area contributed by atoms with Crippen LogP contribution in [0.25, 0.3) is 21.5 Å². The number of methoxy groups -OCH3 is 1. The molecule has 1 fully saturated rings. The maximum atomic E-state index is 13.0. The van der Waals surface area contributed by atoms with Gasteiger partial charge in [0.05, 0.1) is 12.0 Å². The maximum Gasteiger partial charge on any atom is 0.255 e. The number of benzene rings is 3. The third-order valence-corrected chi connectivity index (χ3v) is 7.61. The van der Waals surface area contributed by atoms with E-state index < -0.39 is 16.1 Å². The minimum atomic E-state index is -3.90. The standard InChI is InChI=1S/C25H23N3O5S/c1-33-20-6-4-17-5-7-21(14-19(17)13-20)34(31,32)27-23-9-11-28(25(23)30)15-16-2-3-18-8-10-26-24(29)22(18)12-16/h2-8,10,12-14,23,27H,9,11,15H2,1H3,(H,26,29)/t23-/m0/s1. The van der Waals surface area contributed by atoms with Crippen LogP contribution < -0.4 is 15.0 Å². The Labute approximate surface area is 196 Å². The summed E-state index contributed by atoms with van der Waals surface area (Å²) in [6.07, 6.45) is 1.96. The van der Waals surface area contributed by atoms with Crippen molar-refractivity contribution in [3.63, 3.8) is 0 Å². The van der Waals surface area contributed by atoms with E-state index >= 15 is 0 Å². The van der Waals surface area contributed by atoms with E-state index in [2.05, 4.69) is 9.71 Å². The molecule has 1 saturated heterocycles. The molecule has 2 N–H and O–H groups in total. The first kappa shape index (κ1) is 22.1. The highest BCUT2D eigenvalue weighted by Crippen LogP contribution is 2.25. The molecule has 0 spiro atoms. The smallest absolute Gasteiger partial charge is 0.255 e. The molecule has 3 aromatic carbocycles. The molecule has 8 nitrogen and oxygen atoms in total. The van der Waals surface area contributed by atoms with Gasteiger partial charge in [0, 0.05) is 24.7 Å². The molecule has 4 aromatic rings. The highest BCUT2D eigenvalue weighted by molar-refractivity contribution is 7.89. The molecule has 1 amide bonds. The maximum absolute atomic E-state index is 13.0. The molecule has 34 heavy (non-hydrogen) atoms. The number of nitrogens with zero attached hydrogens (tertiary/aromatic N) is 1. The van der Waals surface area contributed by atoms with Crippen molar-refractivity contribution < 1.29 is 17.9 Å². The number of sulfonamides is 1. The lowest BCUT2D eigenvalue weighted by Gasteiger charge is -2.18. The molecular weight excluding hydrogens is 454 g/mol. The highest BCUT2D eigenvalue weighted by atomic mass is 32.2. The van der Waals surface area contributed by atoms with E-state index in [9.17, 15) is 18.0 Å². The van der Waals surface area contributed by atoms with Gasteiger partial charge in [-0.1, -0.05) is 24.3 Å². The van der Waals surface area contributed by atoms with Crippen LogP contribution in [0.15, 0.2) is 76.6 Å². The number of nitrogens with one attached hydrogen (secondary N) is 2. The predicted octanol–water partition coefficient (Wildman–Crippen LogP) is 2.77. The fraction of sp³-hybridized carbons (Fsp3) is 0.200. The molecule has 1 atom stereocenters. The number of hydrogen-bond donors (Lipinski definition) is 2. The van der Waals surface area contributed by atoms with Gasteiger partial charge in [-0.15, -0.1) is 0 Å². The number of pyridine rings is 1. The van der Waals surface area contributed by atoms with Crippen LogP contribution in [0.3, 0.4) is 0 Å². The van der Waals surface area contributed by atoms with Gasteiger partial charge in [0.1, 0.15) is 11.8 Å². The summed E-state index contributed by atoms with van der Waals surface area (Å²) in [5.41, 5.74) is 0.621. The molecule has 0 unspecified atom stereocenters. The molecule has 0 radical (unpaired) electrons. The van der Waals surface area contributed by atoms with Gasteiger partial charge in [0.2, 0.25) is 15.9 Å². The van der Waals surface area contributed by atoms with Gasteiger partial charge in [0.25, 0.3) is 5.56 Å². The van der Waals surface area contributed by atoms with Crippen molar-refractivity contribution in [2.45, 2.75) is 23.9 Å². The summed E-state index contributed by atoms with van der Waals surface area (Å²) in [4.78, 5) is 29.4. The van der Waals surface area contributed by atoms with E-state index in [1.54, 1.807) is 42.5 Å². The van der Waals surface area contributed by atoms with Crippen LogP contribution in [0.1, 0.15) is 12.0 Å². The van der Waals surface area contributed by atoms with E-state index in [1.165, 1.54) is 6.07 Å². The van der Waals surface area contributed by atoms with E-state index in [-0.39, 0.29) is 16.4 Å². The molecule has 174 valence electrons.